The molecule has 0 radical (unpaired) electrons. The Morgan fingerprint density at radius 2 is 1.72 bits per heavy atom. The Labute approximate surface area is 110 Å². The van der Waals surface area contributed by atoms with Gasteiger partial charge in [0.05, 0.1) is 5.92 Å². The van der Waals surface area contributed by atoms with Gasteiger partial charge in [0, 0.05) is 0 Å². The van der Waals surface area contributed by atoms with E-state index in [1.165, 1.54) is 24.3 Å². The first-order valence-electron chi connectivity index (χ1n) is 5.19. The maximum atomic E-state index is 11.9. The van der Waals surface area contributed by atoms with Crippen LogP contribution in [0, 0.1) is 5.92 Å². The third-order valence-corrected chi connectivity index (χ3v) is 2.40. The summed E-state index contributed by atoms with van der Waals surface area (Å²) < 4.78 is 28.0. The van der Waals surface area contributed by atoms with Gasteiger partial charge in [0.1, 0.15) is 5.75 Å². The zero-order chi connectivity index (χ0) is 13.0. The van der Waals surface area contributed by atoms with E-state index in [2.05, 4.69) is 4.74 Å². The Balaban J connectivity index is 0.00000289. The molecule has 0 heterocycles. The van der Waals surface area contributed by atoms with E-state index >= 15 is 0 Å². The Morgan fingerprint density at radius 3 is 2.06 bits per heavy atom. The standard InChI is InChI=1S/C12H14F2O3.ClH/c1-7(2)10(11(15)16)8-3-5-9(6-4-8)17-12(13)14;/h3-7,10,12H,1-2H3,(H,15,16);1H. The fraction of sp³-hybridized carbons (Fsp3) is 0.417. The van der Waals surface area contributed by atoms with Gasteiger partial charge in [0.2, 0.25) is 0 Å². The third-order valence-electron chi connectivity index (χ3n) is 2.40. The fourth-order valence-corrected chi connectivity index (χ4v) is 1.67. The van der Waals surface area contributed by atoms with Crippen LogP contribution in [0.25, 0.3) is 0 Å². The first-order valence-corrected chi connectivity index (χ1v) is 5.19. The van der Waals surface area contributed by atoms with Crippen molar-refractivity contribution in [2.75, 3.05) is 0 Å². The molecule has 1 aromatic rings. The summed E-state index contributed by atoms with van der Waals surface area (Å²) in [5.41, 5.74) is 0.578. The number of halogens is 3. The van der Waals surface area contributed by atoms with Gasteiger partial charge < -0.3 is 9.84 Å². The van der Waals surface area contributed by atoms with Crippen LogP contribution in [0.2, 0.25) is 0 Å². The average molecular weight is 281 g/mol. The molecule has 6 heteroatoms. The van der Waals surface area contributed by atoms with Crippen molar-refractivity contribution in [3.63, 3.8) is 0 Å². The molecule has 0 aliphatic carbocycles. The number of ether oxygens (including phenoxy) is 1. The highest BCUT2D eigenvalue weighted by Gasteiger charge is 2.23. The van der Waals surface area contributed by atoms with Gasteiger partial charge in [-0.3, -0.25) is 4.79 Å². The number of benzene rings is 1. The molecular formula is C12H15ClF2O3. The summed E-state index contributed by atoms with van der Waals surface area (Å²) in [4.78, 5) is 11.1. The van der Waals surface area contributed by atoms with Crippen molar-refractivity contribution in [3.8, 4) is 5.75 Å². The SMILES string of the molecule is CC(C)C(C(=O)O)c1ccc(OC(F)F)cc1.Cl. The lowest BCUT2D eigenvalue weighted by Crippen LogP contribution is -2.17. The molecule has 1 aromatic carbocycles. The summed E-state index contributed by atoms with van der Waals surface area (Å²) >= 11 is 0. The summed E-state index contributed by atoms with van der Waals surface area (Å²) in [7, 11) is 0. The molecule has 0 aromatic heterocycles. The minimum atomic E-state index is -2.87. The van der Waals surface area contributed by atoms with Crippen molar-refractivity contribution in [2.45, 2.75) is 26.4 Å². The predicted octanol–water partition coefficient (Wildman–Crippen LogP) is 3.53. The van der Waals surface area contributed by atoms with Gasteiger partial charge in [-0.1, -0.05) is 26.0 Å². The predicted molar refractivity (Wildman–Crippen MR) is 65.5 cm³/mol. The largest absolute Gasteiger partial charge is 0.481 e. The van der Waals surface area contributed by atoms with Crippen LogP contribution in [0.15, 0.2) is 24.3 Å². The molecule has 0 saturated heterocycles. The van der Waals surface area contributed by atoms with Crippen LogP contribution in [0.5, 0.6) is 5.75 Å². The molecule has 3 nitrogen and oxygen atoms in total. The zero-order valence-electron chi connectivity index (χ0n) is 9.97. The maximum absolute atomic E-state index is 11.9. The number of alkyl halides is 2. The normalized spacial score (nSPS) is 12.1. The number of rotatable bonds is 5. The number of carboxylic acid groups (broad SMARTS) is 1. The molecule has 1 unspecified atom stereocenters. The minimum absolute atomic E-state index is 0. The zero-order valence-corrected chi connectivity index (χ0v) is 10.8. The van der Waals surface area contributed by atoms with Crippen molar-refractivity contribution in [2.24, 2.45) is 5.92 Å². The van der Waals surface area contributed by atoms with E-state index in [0.717, 1.165) is 0 Å². The van der Waals surface area contributed by atoms with Gasteiger partial charge >= 0.3 is 12.6 Å². The first-order chi connectivity index (χ1) is 7.91. The van der Waals surface area contributed by atoms with E-state index < -0.39 is 18.5 Å². The molecule has 0 aliphatic rings. The van der Waals surface area contributed by atoms with E-state index in [9.17, 15) is 13.6 Å². The highest BCUT2D eigenvalue weighted by Crippen LogP contribution is 2.26. The van der Waals surface area contributed by atoms with Crippen LogP contribution >= 0.6 is 12.4 Å². The van der Waals surface area contributed by atoms with Crippen LogP contribution in [0.3, 0.4) is 0 Å². The van der Waals surface area contributed by atoms with E-state index in [-0.39, 0.29) is 24.1 Å². The quantitative estimate of drug-likeness (QED) is 0.897. The number of hydrogen-bond donors (Lipinski definition) is 1. The third kappa shape index (κ3) is 4.49. The molecule has 0 bridgehead atoms. The molecule has 1 atom stereocenters. The minimum Gasteiger partial charge on any atom is -0.481 e. The summed E-state index contributed by atoms with van der Waals surface area (Å²) in [6, 6.07) is 5.69. The average Bonchev–Trinajstić information content (AvgIpc) is 2.18. The Hall–Kier alpha value is -1.36. The molecule has 1 rings (SSSR count). The maximum Gasteiger partial charge on any atom is 0.387 e. The molecular weight excluding hydrogens is 266 g/mol. The van der Waals surface area contributed by atoms with E-state index in [1.54, 1.807) is 13.8 Å². The van der Waals surface area contributed by atoms with Crippen LogP contribution in [0.4, 0.5) is 8.78 Å². The van der Waals surface area contributed by atoms with Crippen molar-refractivity contribution < 1.29 is 23.4 Å². The lowest BCUT2D eigenvalue weighted by Gasteiger charge is -2.16. The van der Waals surface area contributed by atoms with E-state index in [0.29, 0.717) is 5.56 Å². The van der Waals surface area contributed by atoms with Crippen LogP contribution < -0.4 is 4.74 Å². The van der Waals surface area contributed by atoms with Gasteiger partial charge in [-0.25, -0.2) is 0 Å². The Bertz CT molecular complexity index is 379. The monoisotopic (exact) mass is 280 g/mol. The van der Waals surface area contributed by atoms with Crippen LogP contribution in [-0.4, -0.2) is 17.7 Å². The van der Waals surface area contributed by atoms with Gasteiger partial charge in [-0.2, -0.15) is 8.78 Å². The summed E-state index contributed by atoms with van der Waals surface area (Å²) in [5.74, 6) is -1.62. The second kappa shape index (κ2) is 7.16. The first kappa shape index (κ1) is 16.6. The van der Waals surface area contributed by atoms with E-state index in [1.807, 2.05) is 0 Å². The second-order valence-electron chi connectivity index (χ2n) is 4.01. The molecule has 0 saturated carbocycles. The molecule has 0 aliphatic heterocycles. The Kier molecular flexibility index (Phi) is 6.62. The summed E-state index contributed by atoms with van der Waals surface area (Å²) in [6.07, 6.45) is 0. The highest BCUT2D eigenvalue weighted by atomic mass is 35.5. The van der Waals surface area contributed by atoms with Crippen molar-refractivity contribution in [1.82, 2.24) is 0 Å². The molecule has 1 N–H and O–H groups in total. The van der Waals surface area contributed by atoms with Gasteiger partial charge in [0.15, 0.2) is 0 Å². The second-order valence-corrected chi connectivity index (χ2v) is 4.01. The summed E-state index contributed by atoms with van der Waals surface area (Å²) in [5, 5.41) is 9.06. The van der Waals surface area contributed by atoms with E-state index in [4.69, 9.17) is 5.11 Å². The number of aliphatic carboxylic acids is 1. The van der Waals surface area contributed by atoms with Crippen molar-refractivity contribution >= 4 is 18.4 Å². The lowest BCUT2D eigenvalue weighted by atomic mass is 9.88. The highest BCUT2D eigenvalue weighted by molar-refractivity contribution is 5.85. The topological polar surface area (TPSA) is 46.5 Å². The van der Waals surface area contributed by atoms with Crippen LogP contribution in [-0.2, 0) is 4.79 Å². The lowest BCUT2D eigenvalue weighted by molar-refractivity contribution is -0.139. The van der Waals surface area contributed by atoms with Gasteiger partial charge in [-0.15, -0.1) is 12.4 Å². The molecule has 0 amide bonds. The number of carboxylic acids is 1. The molecule has 0 spiro atoms. The van der Waals surface area contributed by atoms with Crippen LogP contribution in [0.1, 0.15) is 25.3 Å². The Morgan fingerprint density at radius 1 is 1.22 bits per heavy atom. The number of carbonyl (C=O) groups is 1. The fourth-order valence-electron chi connectivity index (χ4n) is 1.67. The summed E-state index contributed by atoms with van der Waals surface area (Å²) in [6.45, 7) is 0.714. The van der Waals surface area contributed by atoms with Gasteiger partial charge in [-0.05, 0) is 23.6 Å². The smallest absolute Gasteiger partial charge is 0.387 e. The van der Waals surface area contributed by atoms with Crippen molar-refractivity contribution in [1.29, 1.82) is 0 Å². The molecule has 18 heavy (non-hydrogen) atoms. The van der Waals surface area contributed by atoms with Crippen molar-refractivity contribution in [3.05, 3.63) is 29.8 Å². The molecule has 102 valence electrons. The van der Waals surface area contributed by atoms with Gasteiger partial charge in [0.25, 0.3) is 0 Å². The molecule has 0 fully saturated rings. The number of hydrogen-bond acceptors (Lipinski definition) is 2.